The minimum Gasteiger partial charge on any atom is -0.462 e. The number of hydrogen-bond acceptors (Lipinski definition) is 6. The Morgan fingerprint density at radius 3 is 0.928 bits per heavy atom. The summed E-state index contributed by atoms with van der Waals surface area (Å²) in [5, 5.41) is 0. The van der Waals surface area contributed by atoms with Crippen LogP contribution in [-0.4, -0.2) is 37.2 Å². The molecule has 0 saturated carbocycles. The van der Waals surface area contributed by atoms with Crippen LogP contribution in [0.4, 0.5) is 0 Å². The molecule has 69 heavy (non-hydrogen) atoms. The van der Waals surface area contributed by atoms with E-state index in [0.29, 0.717) is 19.3 Å². The molecule has 0 spiro atoms. The van der Waals surface area contributed by atoms with Crippen molar-refractivity contribution < 1.29 is 28.6 Å². The molecule has 0 amide bonds. The molecule has 0 aliphatic rings. The highest BCUT2D eigenvalue weighted by atomic mass is 16.6. The SMILES string of the molecule is CC/C=C\C/C=C\C/C=C\C/C=C\C/C=C\CCCCCCCCCCCCCCCCCC(=O)OCC(COC(=O)CCCCCCCC)OC(=O)CCCCCCC/C=C\C/C=C\CCCC. The molecule has 0 aliphatic heterocycles. The van der Waals surface area contributed by atoms with Gasteiger partial charge in [0.25, 0.3) is 0 Å². The second kappa shape index (κ2) is 57.2. The van der Waals surface area contributed by atoms with Gasteiger partial charge in [0.1, 0.15) is 13.2 Å². The summed E-state index contributed by atoms with van der Waals surface area (Å²) >= 11 is 0. The van der Waals surface area contributed by atoms with Gasteiger partial charge < -0.3 is 14.2 Å². The fourth-order valence-corrected chi connectivity index (χ4v) is 8.02. The lowest BCUT2D eigenvalue weighted by Crippen LogP contribution is -2.30. The van der Waals surface area contributed by atoms with Crippen molar-refractivity contribution in [2.45, 2.75) is 284 Å². The molecule has 396 valence electrons. The highest BCUT2D eigenvalue weighted by Crippen LogP contribution is 2.16. The van der Waals surface area contributed by atoms with E-state index in [1.807, 2.05) is 0 Å². The fraction of sp³-hybridized carbons (Fsp3) is 0.730. The minimum absolute atomic E-state index is 0.0800. The van der Waals surface area contributed by atoms with Crippen molar-refractivity contribution in [3.63, 3.8) is 0 Å². The Bertz CT molecular complexity index is 1330. The summed E-state index contributed by atoms with van der Waals surface area (Å²) in [5.41, 5.74) is 0. The molecule has 0 aromatic rings. The van der Waals surface area contributed by atoms with Crippen LogP contribution in [0.1, 0.15) is 278 Å². The number of hydrogen-bond donors (Lipinski definition) is 0. The van der Waals surface area contributed by atoms with Gasteiger partial charge in [-0.3, -0.25) is 14.4 Å². The number of ether oxygens (including phenoxy) is 3. The monoisotopic (exact) mass is 961 g/mol. The summed E-state index contributed by atoms with van der Waals surface area (Å²) in [5.74, 6) is -0.899. The summed E-state index contributed by atoms with van der Waals surface area (Å²) in [6.07, 6.45) is 74.8. The maximum absolute atomic E-state index is 12.8. The lowest BCUT2D eigenvalue weighted by molar-refractivity contribution is -0.167. The number of rotatable bonds is 52. The van der Waals surface area contributed by atoms with Gasteiger partial charge in [-0.15, -0.1) is 0 Å². The van der Waals surface area contributed by atoms with Crippen LogP contribution in [0.2, 0.25) is 0 Å². The van der Waals surface area contributed by atoms with Crippen LogP contribution in [0.3, 0.4) is 0 Å². The van der Waals surface area contributed by atoms with E-state index in [2.05, 4.69) is 106 Å². The standard InChI is InChI=1S/C63H108O6/c1-4-7-10-13-16-18-20-22-24-25-26-27-28-29-30-31-32-33-34-35-36-37-38-39-40-42-43-45-47-50-53-56-62(65)68-59-60(58-67-61(64)55-52-49-15-12-9-6-3)69-63(66)57-54-51-48-46-44-41-23-21-19-17-14-11-8-5-2/h7,10,14,16-18,21-24,26-27,29-30,60H,4-6,8-9,11-13,15,19-20,25,28,31-59H2,1-3H3/b10-7-,17-14-,18-16-,23-21-,24-22-,27-26-,30-29-. The maximum atomic E-state index is 12.8. The van der Waals surface area contributed by atoms with Gasteiger partial charge in [0, 0.05) is 19.3 Å². The van der Waals surface area contributed by atoms with E-state index in [-0.39, 0.29) is 31.1 Å². The molecule has 6 nitrogen and oxygen atoms in total. The van der Waals surface area contributed by atoms with Gasteiger partial charge >= 0.3 is 17.9 Å². The summed E-state index contributed by atoms with van der Waals surface area (Å²) in [6, 6.07) is 0. The predicted octanol–water partition coefficient (Wildman–Crippen LogP) is 19.5. The lowest BCUT2D eigenvalue weighted by atomic mass is 10.0. The third-order valence-corrected chi connectivity index (χ3v) is 12.4. The van der Waals surface area contributed by atoms with Gasteiger partial charge in [0.2, 0.25) is 0 Å². The number of carbonyl (C=O) groups is 3. The van der Waals surface area contributed by atoms with Crippen molar-refractivity contribution in [3.05, 3.63) is 85.1 Å². The van der Waals surface area contributed by atoms with Crippen molar-refractivity contribution >= 4 is 17.9 Å². The third kappa shape index (κ3) is 55.4. The zero-order chi connectivity index (χ0) is 50.0. The molecule has 1 unspecified atom stereocenters. The summed E-state index contributed by atoms with van der Waals surface area (Å²) in [7, 11) is 0. The summed E-state index contributed by atoms with van der Waals surface area (Å²) in [4.78, 5) is 37.8. The first-order valence-electron chi connectivity index (χ1n) is 29.1. The van der Waals surface area contributed by atoms with Crippen LogP contribution in [-0.2, 0) is 28.6 Å². The zero-order valence-electron chi connectivity index (χ0n) is 45.3. The molecule has 0 rings (SSSR count). The molecule has 0 heterocycles. The van der Waals surface area contributed by atoms with Gasteiger partial charge in [-0.1, -0.05) is 254 Å². The maximum Gasteiger partial charge on any atom is 0.306 e. The minimum atomic E-state index is -0.778. The highest BCUT2D eigenvalue weighted by molar-refractivity contribution is 5.71. The topological polar surface area (TPSA) is 78.9 Å². The molecule has 0 aliphatic carbocycles. The number of unbranched alkanes of at least 4 members (excludes halogenated alkanes) is 27. The van der Waals surface area contributed by atoms with Crippen LogP contribution in [0.25, 0.3) is 0 Å². The molecule has 0 saturated heterocycles. The van der Waals surface area contributed by atoms with Gasteiger partial charge in [-0.05, 0) is 89.9 Å². The predicted molar refractivity (Wildman–Crippen MR) is 297 cm³/mol. The number of allylic oxidation sites excluding steroid dienone is 14. The molecule has 0 N–H and O–H groups in total. The molecule has 0 bridgehead atoms. The first-order chi connectivity index (χ1) is 34.0. The van der Waals surface area contributed by atoms with Crippen molar-refractivity contribution in [1.29, 1.82) is 0 Å². The first kappa shape index (κ1) is 65.6. The van der Waals surface area contributed by atoms with E-state index in [0.717, 1.165) is 116 Å². The molecule has 0 radical (unpaired) electrons. The van der Waals surface area contributed by atoms with Crippen LogP contribution in [0, 0.1) is 0 Å². The average molecular weight is 962 g/mol. The van der Waals surface area contributed by atoms with E-state index >= 15 is 0 Å². The van der Waals surface area contributed by atoms with Crippen LogP contribution < -0.4 is 0 Å². The van der Waals surface area contributed by atoms with Gasteiger partial charge in [0.05, 0.1) is 0 Å². The summed E-state index contributed by atoms with van der Waals surface area (Å²) < 4.78 is 16.7. The fourth-order valence-electron chi connectivity index (χ4n) is 8.02. The van der Waals surface area contributed by atoms with Gasteiger partial charge in [0.15, 0.2) is 6.10 Å². The van der Waals surface area contributed by atoms with Crippen molar-refractivity contribution in [3.8, 4) is 0 Å². The Morgan fingerprint density at radius 1 is 0.304 bits per heavy atom. The first-order valence-corrected chi connectivity index (χ1v) is 29.1. The second-order valence-electron chi connectivity index (χ2n) is 19.2. The van der Waals surface area contributed by atoms with Crippen molar-refractivity contribution in [2.75, 3.05) is 13.2 Å². The average Bonchev–Trinajstić information content (AvgIpc) is 3.35. The molecular weight excluding hydrogens is 853 g/mol. The molecule has 1 atom stereocenters. The van der Waals surface area contributed by atoms with Crippen LogP contribution >= 0.6 is 0 Å². The Kier molecular flexibility index (Phi) is 54.3. The van der Waals surface area contributed by atoms with Crippen LogP contribution in [0.5, 0.6) is 0 Å². The van der Waals surface area contributed by atoms with E-state index in [9.17, 15) is 14.4 Å². The van der Waals surface area contributed by atoms with Crippen LogP contribution in [0.15, 0.2) is 85.1 Å². The zero-order valence-corrected chi connectivity index (χ0v) is 45.3. The Morgan fingerprint density at radius 2 is 0.580 bits per heavy atom. The van der Waals surface area contributed by atoms with E-state index in [1.54, 1.807) is 0 Å². The molecule has 0 aromatic heterocycles. The second-order valence-corrected chi connectivity index (χ2v) is 19.2. The molecule has 6 heteroatoms. The highest BCUT2D eigenvalue weighted by Gasteiger charge is 2.19. The quantitative estimate of drug-likeness (QED) is 0.0262. The molecule has 0 aromatic carbocycles. The van der Waals surface area contributed by atoms with Crippen molar-refractivity contribution in [2.24, 2.45) is 0 Å². The molecule has 0 fully saturated rings. The smallest absolute Gasteiger partial charge is 0.306 e. The van der Waals surface area contributed by atoms with Gasteiger partial charge in [-0.25, -0.2) is 0 Å². The Hall–Kier alpha value is -3.41. The van der Waals surface area contributed by atoms with E-state index < -0.39 is 6.10 Å². The van der Waals surface area contributed by atoms with E-state index in [1.165, 1.54) is 122 Å². The largest absolute Gasteiger partial charge is 0.462 e. The third-order valence-electron chi connectivity index (χ3n) is 12.4. The Labute approximate surface area is 426 Å². The normalized spacial score (nSPS) is 12.7. The van der Waals surface area contributed by atoms with Crippen molar-refractivity contribution in [1.82, 2.24) is 0 Å². The molecular formula is C63H108O6. The number of carbonyl (C=O) groups excluding carboxylic acids is 3. The Balaban J connectivity index is 4.02. The lowest BCUT2D eigenvalue weighted by Gasteiger charge is -2.18. The van der Waals surface area contributed by atoms with Gasteiger partial charge in [-0.2, -0.15) is 0 Å². The summed E-state index contributed by atoms with van der Waals surface area (Å²) in [6.45, 7) is 6.42. The van der Waals surface area contributed by atoms with E-state index in [4.69, 9.17) is 14.2 Å². The number of esters is 3.